The lowest BCUT2D eigenvalue weighted by Gasteiger charge is -2.14. The van der Waals surface area contributed by atoms with Crippen molar-refractivity contribution in [2.75, 3.05) is 6.61 Å². The highest BCUT2D eigenvalue weighted by atomic mass is 16.7. The predicted octanol–water partition coefficient (Wildman–Crippen LogP) is 1.94. The highest BCUT2D eigenvalue weighted by molar-refractivity contribution is 5.68. The molecule has 0 amide bonds. The van der Waals surface area contributed by atoms with Crippen molar-refractivity contribution < 1.29 is 14.7 Å². The number of rotatable bonds is 4. The van der Waals surface area contributed by atoms with E-state index in [4.69, 9.17) is 9.94 Å². The van der Waals surface area contributed by atoms with E-state index in [2.05, 4.69) is 4.98 Å². The number of aromatic nitrogens is 2. The number of carboxylic acids is 1. The van der Waals surface area contributed by atoms with Crippen molar-refractivity contribution >= 4 is 5.97 Å². The Morgan fingerprint density at radius 3 is 2.75 bits per heavy atom. The van der Waals surface area contributed by atoms with Crippen molar-refractivity contribution in [1.82, 2.24) is 9.71 Å². The van der Waals surface area contributed by atoms with Crippen molar-refractivity contribution in [2.24, 2.45) is 0 Å². The number of hydrogen-bond donors (Lipinski definition) is 1. The summed E-state index contributed by atoms with van der Waals surface area (Å²) in [6.45, 7) is -0.358. The highest BCUT2D eigenvalue weighted by Crippen LogP contribution is 2.26. The van der Waals surface area contributed by atoms with Gasteiger partial charge in [-0.2, -0.15) is 4.73 Å². The fourth-order valence-corrected chi connectivity index (χ4v) is 2.54. The Kier molecular flexibility index (Phi) is 3.41. The van der Waals surface area contributed by atoms with E-state index in [1.807, 2.05) is 30.3 Å². The fourth-order valence-electron chi connectivity index (χ4n) is 2.54. The van der Waals surface area contributed by atoms with Gasteiger partial charge in [0.25, 0.3) is 0 Å². The molecule has 0 atom stereocenters. The zero-order chi connectivity index (χ0) is 13.9. The molecule has 0 aliphatic heterocycles. The third-order valence-corrected chi connectivity index (χ3v) is 3.44. The number of imidazole rings is 1. The van der Waals surface area contributed by atoms with Crippen LogP contribution in [0.4, 0.5) is 0 Å². The number of fused-ring (bicyclic) bond motifs is 1. The molecule has 0 bridgehead atoms. The number of hydrogen-bond acceptors (Lipinski definition) is 3. The van der Waals surface area contributed by atoms with Crippen LogP contribution >= 0.6 is 0 Å². The van der Waals surface area contributed by atoms with E-state index in [1.165, 1.54) is 0 Å². The Morgan fingerprint density at radius 2 is 2.00 bits per heavy atom. The van der Waals surface area contributed by atoms with E-state index in [0.29, 0.717) is 5.82 Å². The number of benzene rings is 1. The van der Waals surface area contributed by atoms with Crippen LogP contribution in [0.3, 0.4) is 0 Å². The average Bonchev–Trinajstić information content (AvgIpc) is 2.84. The van der Waals surface area contributed by atoms with Gasteiger partial charge in [-0.1, -0.05) is 30.3 Å². The maximum atomic E-state index is 10.8. The molecule has 1 aliphatic carbocycles. The zero-order valence-corrected chi connectivity index (χ0v) is 11.1. The van der Waals surface area contributed by atoms with Crippen LogP contribution in [-0.2, 0) is 17.6 Å². The minimum absolute atomic E-state index is 0.358. The van der Waals surface area contributed by atoms with Gasteiger partial charge in [0.2, 0.25) is 6.61 Å². The lowest BCUT2D eigenvalue weighted by atomic mass is 10.0. The highest BCUT2D eigenvalue weighted by Gasteiger charge is 2.22. The molecule has 0 spiro atoms. The summed E-state index contributed by atoms with van der Waals surface area (Å²) in [5.41, 5.74) is 2.98. The van der Waals surface area contributed by atoms with E-state index in [1.54, 1.807) is 4.73 Å². The number of aryl methyl sites for hydroxylation is 1. The third-order valence-electron chi connectivity index (χ3n) is 3.44. The SMILES string of the molecule is O=C(O)COn1c(-c2ccccc2)nc2c1CCCC2. The topological polar surface area (TPSA) is 64.3 Å². The van der Waals surface area contributed by atoms with Crippen LogP contribution < -0.4 is 4.84 Å². The third kappa shape index (κ3) is 2.39. The Bertz CT molecular complexity index is 620. The molecule has 1 aromatic carbocycles. The molecular formula is C15H16N2O3. The van der Waals surface area contributed by atoms with E-state index in [-0.39, 0.29) is 6.61 Å². The smallest absolute Gasteiger partial charge is 0.344 e. The van der Waals surface area contributed by atoms with Crippen LogP contribution in [0.2, 0.25) is 0 Å². The number of aliphatic carboxylic acids is 1. The first kappa shape index (κ1) is 12.7. The molecule has 2 aromatic rings. The number of nitrogens with zero attached hydrogens (tertiary/aromatic N) is 2. The largest absolute Gasteiger partial charge is 0.479 e. The van der Waals surface area contributed by atoms with Gasteiger partial charge in [0.05, 0.1) is 11.4 Å². The van der Waals surface area contributed by atoms with Crippen LogP contribution in [0.1, 0.15) is 24.2 Å². The molecule has 1 aromatic heterocycles. The zero-order valence-electron chi connectivity index (χ0n) is 11.1. The lowest BCUT2D eigenvalue weighted by molar-refractivity contribution is -0.142. The van der Waals surface area contributed by atoms with E-state index in [0.717, 1.165) is 42.6 Å². The first-order chi connectivity index (χ1) is 9.75. The van der Waals surface area contributed by atoms with Gasteiger partial charge in [0.1, 0.15) is 0 Å². The molecular weight excluding hydrogens is 256 g/mol. The van der Waals surface area contributed by atoms with Crippen LogP contribution in [0.25, 0.3) is 11.4 Å². The molecule has 1 aliphatic rings. The summed E-state index contributed by atoms with van der Waals surface area (Å²) < 4.78 is 1.61. The van der Waals surface area contributed by atoms with Gasteiger partial charge in [-0.25, -0.2) is 9.78 Å². The predicted molar refractivity (Wildman–Crippen MR) is 73.4 cm³/mol. The molecule has 5 heteroatoms. The molecule has 20 heavy (non-hydrogen) atoms. The minimum atomic E-state index is -0.984. The van der Waals surface area contributed by atoms with Gasteiger partial charge < -0.3 is 9.94 Å². The summed E-state index contributed by atoms with van der Waals surface area (Å²) >= 11 is 0. The van der Waals surface area contributed by atoms with E-state index in [9.17, 15) is 4.79 Å². The van der Waals surface area contributed by atoms with Gasteiger partial charge >= 0.3 is 5.97 Å². The summed E-state index contributed by atoms with van der Waals surface area (Å²) in [5.74, 6) is -0.291. The van der Waals surface area contributed by atoms with Crippen molar-refractivity contribution in [2.45, 2.75) is 25.7 Å². The lowest BCUT2D eigenvalue weighted by Crippen LogP contribution is -2.23. The second-order valence-corrected chi connectivity index (χ2v) is 4.86. The quantitative estimate of drug-likeness (QED) is 0.923. The van der Waals surface area contributed by atoms with Gasteiger partial charge in [-0.05, 0) is 25.7 Å². The van der Waals surface area contributed by atoms with Gasteiger partial charge in [0, 0.05) is 5.56 Å². The van der Waals surface area contributed by atoms with Crippen molar-refractivity contribution in [3.05, 3.63) is 41.7 Å². The summed E-state index contributed by atoms with van der Waals surface area (Å²) in [5, 5.41) is 8.82. The molecule has 0 unspecified atom stereocenters. The van der Waals surface area contributed by atoms with Crippen LogP contribution in [0, 0.1) is 0 Å². The monoisotopic (exact) mass is 272 g/mol. The molecule has 1 heterocycles. The summed E-state index contributed by atoms with van der Waals surface area (Å²) in [6.07, 6.45) is 4.02. The van der Waals surface area contributed by atoms with Crippen LogP contribution in [0.5, 0.6) is 0 Å². The van der Waals surface area contributed by atoms with E-state index < -0.39 is 5.97 Å². The van der Waals surface area contributed by atoms with Gasteiger partial charge in [-0.3, -0.25) is 0 Å². The average molecular weight is 272 g/mol. The van der Waals surface area contributed by atoms with Crippen molar-refractivity contribution in [3.8, 4) is 11.4 Å². The second kappa shape index (κ2) is 5.36. The summed E-state index contributed by atoms with van der Waals surface area (Å²) in [7, 11) is 0. The normalized spacial score (nSPS) is 13.8. The molecule has 104 valence electrons. The molecule has 0 saturated carbocycles. The van der Waals surface area contributed by atoms with Gasteiger partial charge in [0.15, 0.2) is 5.82 Å². The summed E-state index contributed by atoms with van der Waals surface area (Å²) in [4.78, 5) is 20.8. The molecule has 0 fully saturated rings. The molecule has 3 rings (SSSR count). The number of carboxylic acid groups (broad SMARTS) is 1. The Labute approximate surface area is 116 Å². The Hall–Kier alpha value is -2.30. The van der Waals surface area contributed by atoms with E-state index >= 15 is 0 Å². The maximum absolute atomic E-state index is 10.8. The summed E-state index contributed by atoms with van der Waals surface area (Å²) in [6, 6.07) is 9.71. The van der Waals surface area contributed by atoms with Gasteiger partial charge in [-0.15, -0.1) is 0 Å². The first-order valence-corrected chi connectivity index (χ1v) is 6.76. The van der Waals surface area contributed by atoms with Crippen molar-refractivity contribution in [1.29, 1.82) is 0 Å². The molecule has 5 nitrogen and oxygen atoms in total. The maximum Gasteiger partial charge on any atom is 0.344 e. The van der Waals surface area contributed by atoms with Crippen LogP contribution in [0.15, 0.2) is 30.3 Å². The second-order valence-electron chi connectivity index (χ2n) is 4.86. The molecule has 0 saturated heterocycles. The Morgan fingerprint density at radius 1 is 1.25 bits per heavy atom. The Balaban J connectivity index is 2.03. The minimum Gasteiger partial charge on any atom is -0.479 e. The molecule has 0 radical (unpaired) electrons. The van der Waals surface area contributed by atoms with Crippen molar-refractivity contribution in [3.63, 3.8) is 0 Å². The molecule has 1 N–H and O–H groups in total. The van der Waals surface area contributed by atoms with Crippen LogP contribution in [-0.4, -0.2) is 27.4 Å². The first-order valence-electron chi connectivity index (χ1n) is 6.76. The standard InChI is InChI=1S/C15H16N2O3/c18-14(19)10-20-17-13-9-5-4-8-12(13)16-15(17)11-6-2-1-3-7-11/h1-3,6-7H,4-5,8-10H2,(H,18,19). The number of carbonyl (C=O) groups is 1. The fraction of sp³-hybridized carbons (Fsp3) is 0.333.